The summed E-state index contributed by atoms with van der Waals surface area (Å²) in [7, 11) is 0. The van der Waals surface area contributed by atoms with Gasteiger partial charge < -0.3 is 9.88 Å². The molecule has 1 aromatic rings. The van der Waals surface area contributed by atoms with Gasteiger partial charge in [-0.05, 0) is 18.8 Å². The lowest BCUT2D eigenvalue weighted by Crippen LogP contribution is -2.41. The zero-order valence-corrected chi connectivity index (χ0v) is 11.8. The van der Waals surface area contributed by atoms with Crippen LogP contribution >= 0.6 is 0 Å². The molecule has 1 fully saturated rings. The largest absolute Gasteiger partial charge is 0.328 e. The van der Waals surface area contributed by atoms with Crippen LogP contribution in [-0.4, -0.2) is 33.4 Å². The van der Waals surface area contributed by atoms with Crippen LogP contribution in [-0.2, 0) is 0 Å². The second-order valence-electron chi connectivity index (χ2n) is 5.91. The summed E-state index contributed by atoms with van der Waals surface area (Å²) in [6, 6.07) is 0.0602. The Balaban J connectivity index is 1.85. The first kappa shape index (κ1) is 13.1. The van der Waals surface area contributed by atoms with Gasteiger partial charge in [-0.1, -0.05) is 26.0 Å². The van der Waals surface area contributed by atoms with Crippen molar-refractivity contribution in [2.24, 2.45) is 5.92 Å². The van der Waals surface area contributed by atoms with E-state index in [9.17, 15) is 9.59 Å². The molecule has 5 nitrogen and oxygen atoms in total. The molecule has 1 amide bonds. The fourth-order valence-electron chi connectivity index (χ4n) is 2.62. The number of nitrogens with one attached hydrogen (secondary N) is 1. The Kier molecular flexibility index (Phi) is 3.20. The van der Waals surface area contributed by atoms with Crippen molar-refractivity contribution in [3.05, 3.63) is 40.1 Å². The first-order valence-corrected chi connectivity index (χ1v) is 7.14. The van der Waals surface area contributed by atoms with Crippen molar-refractivity contribution in [1.29, 1.82) is 0 Å². The summed E-state index contributed by atoms with van der Waals surface area (Å²) in [4.78, 5) is 33.3. The van der Waals surface area contributed by atoms with Gasteiger partial charge in [-0.2, -0.15) is 0 Å². The number of hydrogen-bond donors (Lipinski definition) is 1. The van der Waals surface area contributed by atoms with Gasteiger partial charge in [-0.25, -0.2) is 4.98 Å². The fourth-order valence-corrected chi connectivity index (χ4v) is 2.62. The van der Waals surface area contributed by atoms with Crippen LogP contribution in [0, 0.1) is 5.92 Å². The van der Waals surface area contributed by atoms with E-state index in [1.165, 1.54) is 6.20 Å². The van der Waals surface area contributed by atoms with Gasteiger partial charge in [-0.15, -0.1) is 0 Å². The Morgan fingerprint density at radius 3 is 2.80 bits per heavy atom. The van der Waals surface area contributed by atoms with Crippen LogP contribution in [0.2, 0.25) is 0 Å². The molecule has 106 valence electrons. The minimum atomic E-state index is -0.318. The van der Waals surface area contributed by atoms with E-state index in [0.29, 0.717) is 24.2 Å². The van der Waals surface area contributed by atoms with Crippen LogP contribution < -0.4 is 5.56 Å². The Hall–Kier alpha value is -1.91. The van der Waals surface area contributed by atoms with E-state index in [0.717, 1.165) is 12.8 Å². The van der Waals surface area contributed by atoms with E-state index in [4.69, 9.17) is 0 Å². The lowest BCUT2D eigenvalue weighted by Gasteiger charge is -2.27. The van der Waals surface area contributed by atoms with Gasteiger partial charge >= 0.3 is 0 Å². The van der Waals surface area contributed by atoms with E-state index in [2.05, 4.69) is 23.8 Å². The molecule has 0 radical (unpaired) electrons. The van der Waals surface area contributed by atoms with Crippen LogP contribution in [0.15, 0.2) is 23.1 Å². The van der Waals surface area contributed by atoms with Gasteiger partial charge in [0.2, 0.25) is 0 Å². The highest BCUT2D eigenvalue weighted by Gasteiger charge is 2.31. The average Bonchev–Trinajstić information content (AvgIpc) is 3.14. The third kappa shape index (κ3) is 2.28. The SMILES string of the molecule is CC(C)[C@@H]1C=CCN1C(=O)c1cnc(C2CC2)[nH]c1=O. The van der Waals surface area contributed by atoms with E-state index in [1.807, 2.05) is 12.2 Å². The van der Waals surface area contributed by atoms with Crippen LogP contribution in [0.3, 0.4) is 0 Å². The topological polar surface area (TPSA) is 66.1 Å². The van der Waals surface area contributed by atoms with Crippen molar-refractivity contribution in [2.45, 2.75) is 38.6 Å². The number of H-pyrrole nitrogens is 1. The Morgan fingerprint density at radius 2 is 2.20 bits per heavy atom. The highest BCUT2D eigenvalue weighted by molar-refractivity contribution is 5.94. The van der Waals surface area contributed by atoms with Crippen molar-refractivity contribution >= 4 is 5.91 Å². The second kappa shape index (κ2) is 4.89. The number of amides is 1. The van der Waals surface area contributed by atoms with Crippen LogP contribution in [0.4, 0.5) is 0 Å². The normalized spacial score (nSPS) is 21.8. The minimum Gasteiger partial charge on any atom is -0.328 e. The number of aromatic nitrogens is 2. The number of rotatable bonds is 3. The summed E-state index contributed by atoms with van der Waals surface area (Å²) < 4.78 is 0. The second-order valence-corrected chi connectivity index (χ2v) is 5.91. The quantitative estimate of drug-likeness (QED) is 0.852. The third-order valence-electron chi connectivity index (χ3n) is 3.95. The summed E-state index contributed by atoms with van der Waals surface area (Å²) in [5.74, 6) is 1.19. The third-order valence-corrected chi connectivity index (χ3v) is 3.95. The summed E-state index contributed by atoms with van der Waals surface area (Å²) in [6.45, 7) is 4.70. The standard InChI is InChI=1S/C15H19N3O2/c1-9(2)12-4-3-7-18(12)15(20)11-8-16-13(10-5-6-10)17-14(11)19/h3-4,8-10,12H,5-7H2,1-2H3,(H,16,17,19)/t12-/m0/s1. The molecule has 0 bridgehead atoms. The monoisotopic (exact) mass is 273 g/mol. The maximum absolute atomic E-state index is 12.5. The van der Waals surface area contributed by atoms with Crippen LogP contribution in [0.25, 0.3) is 0 Å². The van der Waals surface area contributed by atoms with Gasteiger partial charge in [0.05, 0.1) is 6.04 Å². The van der Waals surface area contributed by atoms with Gasteiger partial charge in [0.15, 0.2) is 0 Å². The number of nitrogens with zero attached hydrogens (tertiary/aromatic N) is 2. The molecule has 1 aliphatic heterocycles. The molecule has 0 aromatic carbocycles. The van der Waals surface area contributed by atoms with Gasteiger partial charge in [0.25, 0.3) is 11.5 Å². The average molecular weight is 273 g/mol. The molecule has 0 unspecified atom stereocenters. The van der Waals surface area contributed by atoms with Crippen LogP contribution in [0.5, 0.6) is 0 Å². The molecule has 0 saturated heterocycles. The van der Waals surface area contributed by atoms with Crippen molar-refractivity contribution in [3.8, 4) is 0 Å². The smallest absolute Gasteiger partial charge is 0.263 e. The summed E-state index contributed by atoms with van der Waals surface area (Å²) in [5.41, 5.74) is -0.176. The number of carbonyl (C=O) groups is 1. The molecular formula is C15H19N3O2. The molecule has 3 rings (SSSR count). The number of aromatic amines is 1. The number of carbonyl (C=O) groups excluding carboxylic acids is 1. The predicted octanol–water partition coefficient (Wildman–Crippen LogP) is 1.68. The van der Waals surface area contributed by atoms with Gasteiger partial charge in [-0.3, -0.25) is 9.59 Å². The number of hydrogen-bond acceptors (Lipinski definition) is 3. The van der Waals surface area contributed by atoms with Crippen molar-refractivity contribution in [3.63, 3.8) is 0 Å². The molecule has 2 aliphatic rings. The molecule has 1 atom stereocenters. The van der Waals surface area contributed by atoms with E-state index < -0.39 is 0 Å². The zero-order valence-electron chi connectivity index (χ0n) is 11.8. The Labute approximate surface area is 117 Å². The lowest BCUT2D eigenvalue weighted by atomic mass is 10.0. The lowest BCUT2D eigenvalue weighted by molar-refractivity contribution is 0.0718. The summed E-state index contributed by atoms with van der Waals surface area (Å²) >= 11 is 0. The molecule has 1 aliphatic carbocycles. The highest BCUT2D eigenvalue weighted by Crippen LogP contribution is 2.37. The van der Waals surface area contributed by atoms with Crippen molar-refractivity contribution in [2.75, 3.05) is 6.54 Å². The molecule has 5 heteroatoms. The molecule has 1 N–H and O–H groups in total. The maximum Gasteiger partial charge on any atom is 0.263 e. The Bertz CT molecular complexity index is 614. The first-order valence-electron chi connectivity index (χ1n) is 7.14. The van der Waals surface area contributed by atoms with E-state index >= 15 is 0 Å². The minimum absolute atomic E-state index is 0.0602. The van der Waals surface area contributed by atoms with Crippen LogP contribution in [0.1, 0.15) is 48.8 Å². The van der Waals surface area contributed by atoms with Gasteiger partial charge in [0.1, 0.15) is 11.4 Å². The maximum atomic E-state index is 12.5. The first-order chi connectivity index (χ1) is 9.58. The molecule has 0 spiro atoms. The highest BCUT2D eigenvalue weighted by atomic mass is 16.2. The molecule has 1 saturated carbocycles. The van der Waals surface area contributed by atoms with Gasteiger partial charge in [0, 0.05) is 18.7 Å². The summed E-state index contributed by atoms with van der Waals surface area (Å²) in [6.07, 6.45) is 7.58. The fraction of sp³-hybridized carbons (Fsp3) is 0.533. The zero-order chi connectivity index (χ0) is 14.3. The molecular weight excluding hydrogens is 254 g/mol. The summed E-state index contributed by atoms with van der Waals surface area (Å²) in [5, 5.41) is 0. The van der Waals surface area contributed by atoms with E-state index in [1.54, 1.807) is 4.90 Å². The molecule has 1 aromatic heterocycles. The predicted molar refractivity (Wildman–Crippen MR) is 75.6 cm³/mol. The Morgan fingerprint density at radius 1 is 1.45 bits per heavy atom. The molecule has 2 heterocycles. The van der Waals surface area contributed by atoms with Crippen molar-refractivity contribution < 1.29 is 4.79 Å². The van der Waals surface area contributed by atoms with Crippen molar-refractivity contribution in [1.82, 2.24) is 14.9 Å². The molecule has 20 heavy (non-hydrogen) atoms. The van der Waals surface area contributed by atoms with E-state index in [-0.39, 0.29) is 23.1 Å².